The molecule has 0 aromatic carbocycles. The van der Waals surface area contributed by atoms with Gasteiger partial charge in [0.25, 0.3) is 0 Å². The first kappa shape index (κ1) is 13.6. The Hall–Kier alpha value is 0.170. The zero-order valence-electron chi connectivity index (χ0n) is 10.5. The Labute approximate surface area is 110 Å². The van der Waals surface area contributed by atoms with Crippen LogP contribution in [0.15, 0.2) is 0 Å². The molecule has 3 aliphatic rings. The minimum atomic E-state index is 0. The van der Waals surface area contributed by atoms with Gasteiger partial charge >= 0.3 is 0 Å². The molecule has 1 saturated carbocycles. The summed E-state index contributed by atoms with van der Waals surface area (Å²) in [7, 11) is 0. The Morgan fingerprint density at radius 3 is 2.76 bits per heavy atom. The van der Waals surface area contributed by atoms with Crippen LogP contribution >= 0.6 is 12.4 Å². The smallest absolute Gasteiger partial charge is 0.0506 e. The van der Waals surface area contributed by atoms with Gasteiger partial charge < -0.3 is 15.4 Å². The minimum Gasteiger partial charge on any atom is -0.381 e. The number of nitrogens with two attached hydrogens (primary N) is 1. The van der Waals surface area contributed by atoms with Crippen molar-refractivity contribution < 1.29 is 4.74 Å². The van der Waals surface area contributed by atoms with Crippen molar-refractivity contribution in [1.82, 2.24) is 4.90 Å². The van der Waals surface area contributed by atoms with Gasteiger partial charge in [-0.1, -0.05) is 0 Å². The van der Waals surface area contributed by atoms with Gasteiger partial charge in [-0.3, -0.25) is 0 Å². The number of rotatable bonds is 2. The number of likely N-dealkylation sites (tertiary alicyclic amines) is 1. The molecule has 0 spiro atoms. The average molecular weight is 261 g/mol. The lowest BCUT2D eigenvalue weighted by Crippen LogP contribution is -2.34. The third-order valence-corrected chi connectivity index (χ3v) is 4.76. The molecule has 4 atom stereocenters. The van der Waals surface area contributed by atoms with Gasteiger partial charge in [-0.15, -0.1) is 12.4 Å². The molecule has 0 radical (unpaired) electrons. The summed E-state index contributed by atoms with van der Waals surface area (Å²) in [6.07, 6.45) is 5.24. The van der Waals surface area contributed by atoms with Gasteiger partial charge in [0, 0.05) is 32.3 Å². The molecule has 4 unspecified atom stereocenters. The fraction of sp³-hybridized carbons (Fsp3) is 1.00. The van der Waals surface area contributed by atoms with Crippen molar-refractivity contribution in [2.45, 2.75) is 31.7 Å². The monoisotopic (exact) mass is 260 g/mol. The first-order valence-electron chi connectivity index (χ1n) is 6.88. The van der Waals surface area contributed by atoms with Crippen molar-refractivity contribution in [1.29, 1.82) is 0 Å². The summed E-state index contributed by atoms with van der Waals surface area (Å²) < 4.78 is 5.56. The molecular formula is C13H25ClN2O. The average Bonchev–Trinajstić information content (AvgIpc) is 2.83. The van der Waals surface area contributed by atoms with Crippen LogP contribution in [0.1, 0.15) is 25.7 Å². The first-order valence-corrected chi connectivity index (χ1v) is 6.88. The van der Waals surface area contributed by atoms with E-state index in [4.69, 9.17) is 10.5 Å². The van der Waals surface area contributed by atoms with Crippen LogP contribution in [0, 0.1) is 17.8 Å². The number of hydrogen-bond acceptors (Lipinski definition) is 3. The van der Waals surface area contributed by atoms with Crippen molar-refractivity contribution >= 4 is 12.4 Å². The summed E-state index contributed by atoms with van der Waals surface area (Å²) in [6.45, 7) is 5.77. The van der Waals surface area contributed by atoms with Gasteiger partial charge in [0.05, 0.1) is 6.61 Å². The fourth-order valence-corrected chi connectivity index (χ4v) is 3.87. The highest BCUT2D eigenvalue weighted by atomic mass is 35.5. The van der Waals surface area contributed by atoms with E-state index in [2.05, 4.69) is 4.90 Å². The number of nitrogens with zero attached hydrogens (tertiary/aromatic N) is 1. The summed E-state index contributed by atoms with van der Waals surface area (Å²) in [6, 6.07) is 0.484. The number of fused-ring (bicyclic) bond motifs is 1. The maximum absolute atomic E-state index is 6.16. The Kier molecular flexibility index (Phi) is 4.70. The van der Waals surface area contributed by atoms with Crippen LogP contribution in [0.2, 0.25) is 0 Å². The molecule has 0 aromatic rings. The second kappa shape index (κ2) is 5.87. The van der Waals surface area contributed by atoms with Gasteiger partial charge in [0.2, 0.25) is 0 Å². The molecule has 2 saturated heterocycles. The maximum Gasteiger partial charge on any atom is 0.0506 e. The lowest BCUT2D eigenvalue weighted by atomic mass is 9.98. The van der Waals surface area contributed by atoms with Crippen molar-refractivity contribution in [2.75, 3.05) is 32.8 Å². The predicted molar refractivity (Wildman–Crippen MR) is 71.4 cm³/mol. The van der Waals surface area contributed by atoms with Crippen LogP contribution in [0.4, 0.5) is 0 Å². The van der Waals surface area contributed by atoms with E-state index in [-0.39, 0.29) is 12.4 Å². The molecule has 2 aliphatic heterocycles. The Balaban J connectivity index is 0.00000108. The highest BCUT2D eigenvalue weighted by molar-refractivity contribution is 5.85. The van der Waals surface area contributed by atoms with Gasteiger partial charge in [-0.25, -0.2) is 0 Å². The molecule has 0 aromatic heterocycles. The maximum atomic E-state index is 6.16. The van der Waals surface area contributed by atoms with E-state index in [9.17, 15) is 0 Å². The standard InChI is InChI=1S/C13H24N2O.ClH/c14-13-4-3-11-7-15(8-12(11)13)6-10-2-1-5-16-9-10;/h10-13H,1-9,14H2;1H. The topological polar surface area (TPSA) is 38.5 Å². The van der Waals surface area contributed by atoms with Crippen LogP contribution in [0.5, 0.6) is 0 Å². The van der Waals surface area contributed by atoms with E-state index in [0.717, 1.165) is 31.0 Å². The second-order valence-electron chi connectivity index (χ2n) is 5.97. The van der Waals surface area contributed by atoms with Crippen LogP contribution in [-0.2, 0) is 4.74 Å². The summed E-state index contributed by atoms with van der Waals surface area (Å²) in [5, 5.41) is 0. The summed E-state index contributed by atoms with van der Waals surface area (Å²) >= 11 is 0. The molecule has 3 fully saturated rings. The van der Waals surface area contributed by atoms with Crippen molar-refractivity contribution in [3.63, 3.8) is 0 Å². The fourth-order valence-electron chi connectivity index (χ4n) is 3.87. The number of hydrogen-bond donors (Lipinski definition) is 1. The summed E-state index contributed by atoms with van der Waals surface area (Å²) in [5.41, 5.74) is 6.16. The van der Waals surface area contributed by atoms with Gasteiger partial charge in [0.1, 0.15) is 0 Å². The molecule has 100 valence electrons. The van der Waals surface area contributed by atoms with Gasteiger partial charge in [-0.05, 0) is 43.4 Å². The van der Waals surface area contributed by atoms with E-state index in [1.165, 1.54) is 45.3 Å². The lowest BCUT2D eigenvalue weighted by Gasteiger charge is -2.27. The molecule has 0 bridgehead atoms. The zero-order valence-corrected chi connectivity index (χ0v) is 11.3. The van der Waals surface area contributed by atoms with Gasteiger partial charge in [-0.2, -0.15) is 0 Å². The van der Waals surface area contributed by atoms with Crippen LogP contribution < -0.4 is 5.73 Å². The van der Waals surface area contributed by atoms with Crippen LogP contribution in [0.25, 0.3) is 0 Å². The second-order valence-corrected chi connectivity index (χ2v) is 5.97. The number of ether oxygens (including phenoxy) is 1. The zero-order chi connectivity index (χ0) is 11.0. The summed E-state index contributed by atoms with van der Waals surface area (Å²) in [5.74, 6) is 2.48. The van der Waals surface area contributed by atoms with Crippen LogP contribution in [-0.4, -0.2) is 43.8 Å². The van der Waals surface area contributed by atoms with Crippen LogP contribution in [0.3, 0.4) is 0 Å². The first-order chi connectivity index (χ1) is 7.83. The predicted octanol–water partition coefficient (Wildman–Crippen LogP) is 1.50. The molecule has 0 amide bonds. The van der Waals surface area contributed by atoms with Crippen molar-refractivity contribution in [2.24, 2.45) is 23.5 Å². The van der Waals surface area contributed by atoms with E-state index in [0.29, 0.717) is 6.04 Å². The molecule has 1 aliphatic carbocycles. The minimum absolute atomic E-state index is 0. The van der Waals surface area contributed by atoms with E-state index in [1.54, 1.807) is 0 Å². The van der Waals surface area contributed by atoms with E-state index < -0.39 is 0 Å². The highest BCUT2D eigenvalue weighted by Crippen LogP contribution is 2.37. The molecule has 3 nitrogen and oxygen atoms in total. The largest absolute Gasteiger partial charge is 0.381 e. The summed E-state index contributed by atoms with van der Waals surface area (Å²) in [4.78, 5) is 2.65. The van der Waals surface area contributed by atoms with Crippen molar-refractivity contribution in [3.05, 3.63) is 0 Å². The van der Waals surface area contributed by atoms with E-state index >= 15 is 0 Å². The van der Waals surface area contributed by atoms with Crippen molar-refractivity contribution in [3.8, 4) is 0 Å². The lowest BCUT2D eigenvalue weighted by molar-refractivity contribution is 0.0407. The SMILES string of the molecule is Cl.NC1CCC2CN(CC3CCCOC3)CC12. The Bertz CT molecular complexity index is 246. The molecule has 2 heterocycles. The third kappa shape index (κ3) is 2.95. The Morgan fingerprint density at radius 2 is 2.06 bits per heavy atom. The molecule has 2 N–H and O–H groups in total. The highest BCUT2D eigenvalue weighted by Gasteiger charge is 2.41. The quantitative estimate of drug-likeness (QED) is 0.818. The third-order valence-electron chi connectivity index (χ3n) is 4.76. The normalized spacial score (nSPS) is 42.2. The van der Waals surface area contributed by atoms with E-state index in [1.807, 2.05) is 0 Å². The molecule has 17 heavy (non-hydrogen) atoms. The molecule has 4 heteroatoms. The molecular weight excluding hydrogens is 236 g/mol. The molecule has 3 rings (SSSR count). The Morgan fingerprint density at radius 1 is 1.18 bits per heavy atom. The number of halogens is 1. The van der Waals surface area contributed by atoms with Gasteiger partial charge in [0.15, 0.2) is 0 Å².